The smallest absolute Gasteiger partial charge is 0.0662 e. The first-order chi connectivity index (χ1) is 8.16. The van der Waals surface area contributed by atoms with Crippen LogP contribution < -0.4 is 0 Å². The van der Waals surface area contributed by atoms with Gasteiger partial charge in [0, 0.05) is 19.8 Å². The van der Waals surface area contributed by atoms with Gasteiger partial charge in [0.1, 0.15) is 0 Å². The maximum atomic E-state index is 8.07. The fraction of sp³-hybridized carbons (Fsp3) is 0.846. The van der Waals surface area contributed by atoms with E-state index in [1.165, 1.54) is 0 Å². The number of aliphatic hydroxyl groups is 3. The highest BCUT2D eigenvalue weighted by atomic mass is 16.5. The van der Waals surface area contributed by atoms with Gasteiger partial charge in [-0.3, -0.25) is 0 Å². The van der Waals surface area contributed by atoms with Crippen LogP contribution in [0.15, 0.2) is 12.7 Å². The van der Waals surface area contributed by atoms with Crippen LogP contribution in [0.3, 0.4) is 0 Å². The molecule has 0 saturated heterocycles. The summed E-state index contributed by atoms with van der Waals surface area (Å²) in [5.74, 6) is 0. The van der Waals surface area contributed by atoms with Gasteiger partial charge in [-0.1, -0.05) is 19.4 Å². The zero-order chi connectivity index (χ0) is 14.4. The number of allylic oxidation sites excluding steroid dienone is 1. The topological polar surface area (TPSA) is 69.9 Å². The van der Waals surface area contributed by atoms with Crippen LogP contribution in [0.2, 0.25) is 0 Å². The number of unbranched alkanes of at least 4 members (excludes halogenated alkanes) is 1. The zero-order valence-electron chi connectivity index (χ0n) is 12.0. The molecule has 0 rings (SSSR count). The SMILES string of the molecule is C=CC.CCCCO.CCOCC.OCCO. The van der Waals surface area contributed by atoms with Gasteiger partial charge in [0.2, 0.25) is 0 Å². The molecule has 0 aromatic heterocycles. The number of hydrogen-bond donors (Lipinski definition) is 3. The molecule has 108 valence electrons. The highest BCUT2D eigenvalue weighted by molar-refractivity contribution is 4.51. The first-order valence-corrected chi connectivity index (χ1v) is 6.13. The molecule has 0 unspecified atom stereocenters. The molecule has 0 saturated carbocycles. The summed E-state index contributed by atoms with van der Waals surface area (Å²) in [6.45, 7) is 13.1. The fourth-order valence-electron chi connectivity index (χ4n) is 0.362. The van der Waals surface area contributed by atoms with Gasteiger partial charge in [-0.15, -0.1) is 6.58 Å². The second kappa shape index (κ2) is 45.0. The van der Waals surface area contributed by atoms with Crippen molar-refractivity contribution in [2.24, 2.45) is 0 Å². The summed E-state index contributed by atoms with van der Waals surface area (Å²) in [7, 11) is 0. The van der Waals surface area contributed by atoms with Crippen molar-refractivity contribution in [3.05, 3.63) is 12.7 Å². The second-order valence-corrected chi connectivity index (χ2v) is 2.71. The van der Waals surface area contributed by atoms with Crippen molar-refractivity contribution in [2.45, 2.75) is 40.5 Å². The van der Waals surface area contributed by atoms with Crippen LogP contribution in [-0.2, 0) is 4.74 Å². The minimum Gasteiger partial charge on any atom is -0.396 e. The van der Waals surface area contributed by atoms with Crippen LogP contribution in [-0.4, -0.2) is 48.4 Å². The lowest BCUT2D eigenvalue weighted by Gasteiger charge is -1.86. The Labute approximate surface area is 107 Å². The Morgan fingerprint density at radius 2 is 1.29 bits per heavy atom. The van der Waals surface area contributed by atoms with Crippen molar-refractivity contribution in [3.63, 3.8) is 0 Å². The summed E-state index contributed by atoms with van der Waals surface area (Å²) in [6.07, 6.45) is 3.79. The lowest BCUT2D eigenvalue weighted by atomic mass is 10.4. The summed E-state index contributed by atoms with van der Waals surface area (Å²) in [4.78, 5) is 0. The van der Waals surface area contributed by atoms with Crippen molar-refractivity contribution in [1.82, 2.24) is 0 Å². The molecule has 0 amide bonds. The molecule has 0 aromatic carbocycles. The lowest BCUT2D eigenvalue weighted by Crippen LogP contribution is -1.85. The van der Waals surface area contributed by atoms with Gasteiger partial charge in [-0.05, 0) is 27.2 Å². The highest BCUT2D eigenvalue weighted by Gasteiger charge is 1.69. The van der Waals surface area contributed by atoms with Gasteiger partial charge in [-0.25, -0.2) is 0 Å². The second-order valence-electron chi connectivity index (χ2n) is 2.71. The highest BCUT2D eigenvalue weighted by Crippen LogP contribution is 1.78. The maximum Gasteiger partial charge on any atom is 0.0662 e. The van der Waals surface area contributed by atoms with Gasteiger partial charge in [0.15, 0.2) is 0 Å². The molecule has 3 N–H and O–H groups in total. The van der Waals surface area contributed by atoms with Crippen LogP contribution in [0, 0.1) is 0 Å². The van der Waals surface area contributed by atoms with Gasteiger partial charge in [0.05, 0.1) is 13.2 Å². The molecular weight excluding hydrogens is 220 g/mol. The third-order valence-corrected chi connectivity index (χ3v) is 1.02. The standard InChI is InChI=1S/2C4H10O.C3H6.C2H6O2/c1-3-5-4-2;1-2-3-4-5;1-3-2;3-1-2-4/h3-4H2,1-2H3;5H,2-4H2,1H3;3H,1H2,2H3;3-4H,1-2H2. The monoisotopic (exact) mass is 252 g/mol. The number of ether oxygens (including phenoxy) is 1. The van der Waals surface area contributed by atoms with Gasteiger partial charge in [-0.2, -0.15) is 0 Å². The van der Waals surface area contributed by atoms with E-state index < -0.39 is 0 Å². The summed E-state index contributed by atoms with van der Waals surface area (Å²) in [5.41, 5.74) is 0. The molecule has 0 radical (unpaired) electrons. The first kappa shape index (κ1) is 25.4. The summed E-state index contributed by atoms with van der Waals surface area (Å²) in [5, 5.41) is 23.3. The number of rotatable bonds is 5. The van der Waals surface area contributed by atoms with Crippen LogP contribution in [0.25, 0.3) is 0 Å². The molecule has 0 aliphatic heterocycles. The fourth-order valence-corrected chi connectivity index (χ4v) is 0.362. The van der Waals surface area contributed by atoms with Crippen LogP contribution >= 0.6 is 0 Å². The Morgan fingerprint density at radius 1 is 0.941 bits per heavy atom. The van der Waals surface area contributed by atoms with E-state index in [-0.39, 0.29) is 13.2 Å². The summed E-state index contributed by atoms with van der Waals surface area (Å²) >= 11 is 0. The van der Waals surface area contributed by atoms with Crippen LogP contribution in [0.4, 0.5) is 0 Å². The Morgan fingerprint density at radius 3 is 1.29 bits per heavy atom. The van der Waals surface area contributed by atoms with E-state index in [0.29, 0.717) is 6.61 Å². The predicted octanol–water partition coefficient (Wildman–Crippen LogP) is 1.98. The van der Waals surface area contributed by atoms with Crippen molar-refractivity contribution >= 4 is 0 Å². The van der Waals surface area contributed by atoms with Crippen LogP contribution in [0.5, 0.6) is 0 Å². The van der Waals surface area contributed by atoms with Crippen molar-refractivity contribution in [1.29, 1.82) is 0 Å². The largest absolute Gasteiger partial charge is 0.396 e. The Kier molecular flexibility index (Phi) is 67.3. The molecule has 0 aliphatic carbocycles. The normalized spacial score (nSPS) is 7.47. The molecule has 0 bridgehead atoms. The third kappa shape index (κ3) is 137. The van der Waals surface area contributed by atoms with E-state index in [9.17, 15) is 0 Å². The van der Waals surface area contributed by atoms with Crippen molar-refractivity contribution in [2.75, 3.05) is 33.0 Å². The quantitative estimate of drug-likeness (QED) is 0.654. The minimum atomic E-state index is -0.125. The van der Waals surface area contributed by atoms with Crippen LogP contribution in [0.1, 0.15) is 40.5 Å². The number of aliphatic hydroxyl groups excluding tert-OH is 3. The van der Waals surface area contributed by atoms with E-state index >= 15 is 0 Å². The Hall–Kier alpha value is -0.420. The lowest BCUT2D eigenvalue weighted by molar-refractivity contribution is 0.162. The van der Waals surface area contributed by atoms with E-state index in [1.54, 1.807) is 6.08 Å². The minimum absolute atomic E-state index is 0.125. The molecule has 17 heavy (non-hydrogen) atoms. The van der Waals surface area contributed by atoms with E-state index in [2.05, 4.69) is 13.5 Å². The summed E-state index contributed by atoms with van der Waals surface area (Å²) in [6, 6.07) is 0. The predicted molar refractivity (Wildman–Crippen MR) is 74.2 cm³/mol. The van der Waals surface area contributed by atoms with E-state index in [0.717, 1.165) is 26.1 Å². The maximum absolute atomic E-state index is 8.07. The summed E-state index contributed by atoms with van der Waals surface area (Å²) < 4.78 is 4.83. The van der Waals surface area contributed by atoms with Gasteiger partial charge < -0.3 is 20.1 Å². The van der Waals surface area contributed by atoms with Gasteiger partial charge in [0.25, 0.3) is 0 Å². The zero-order valence-corrected chi connectivity index (χ0v) is 12.0. The first-order valence-electron chi connectivity index (χ1n) is 6.13. The van der Waals surface area contributed by atoms with Crippen molar-refractivity contribution in [3.8, 4) is 0 Å². The molecule has 0 spiro atoms. The molecule has 0 heterocycles. The average molecular weight is 252 g/mol. The Bertz CT molecular complexity index is 75.5. The van der Waals surface area contributed by atoms with E-state index in [4.69, 9.17) is 20.1 Å². The van der Waals surface area contributed by atoms with E-state index in [1.807, 2.05) is 20.8 Å². The number of hydrogen-bond acceptors (Lipinski definition) is 4. The van der Waals surface area contributed by atoms with Gasteiger partial charge >= 0.3 is 0 Å². The molecule has 0 atom stereocenters. The third-order valence-electron chi connectivity index (χ3n) is 1.02. The molecule has 4 nitrogen and oxygen atoms in total. The molecule has 0 aliphatic rings. The molecule has 4 heteroatoms. The van der Waals surface area contributed by atoms with Crippen molar-refractivity contribution < 1.29 is 20.1 Å². The average Bonchev–Trinajstić information content (AvgIpc) is 2.33. The Balaban J connectivity index is -0.0000000676. The molecule has 0 fully saturated rings. The molecular formula is C13H32O4. The molecule has 0 aromatic rings.